The van der Waals surface area contributed by atoms with Crippen LogP contribution in [0, 0.1) is 0 Å². The number of fused-ring (bicyclic) bond motifs is 1. The van der Waals surface area contributed by atoms with Gasteiger partial charge in [-0.05, 0) is 50.2 Å². The molecular weight excluding hydrogens is 420 g/mol. The molecule has 2 heterocycles. The van der Waals surface area contributed by atoms with Gasteiger partial charge >= 0.3 is 0 Å². The average molecular weight is 453 g/mol. The van der Waals surface area contributed by atoms with Crippen LogP contribution >= 0.6 is 0 Å². The summed E-state index contributed by atoms with van der Waals surface area (Å²) in [6.45, 7) is 8.75. The highest BCUT2D eigenvalue weighted by Crippen LogP contribution is 2.33. The fraction of sp³-hybridized carbons (Fsp3) is 0.440. The first-order valence-corrected chi connectivity index (χ1v) is 11.6. The van der Waals surface area contributed by atoms with E-state index in [0.717, 1.165) is 30.2 Å². The van der Waals surface area contributed by atoms with Crippen molar-refractivity contribution in [2.45, 2.75) is 20.0 Å². The number of amides is 2. The number of nitrogens with one attached hydrogen (secondary N) is 1. The van der Waals surface area contributed by atoms with Gasteiger partial charge in [0.05, 0.1) is 32.0 Å². The van der Waals surface area contributed by atoms with Crippen LogP contribution in [-0.2, 0) is 14.3 Å². The van der Waals surface area contributed by atoms with Crippen molar-refractivity contribution in [1.82, 2.24) is 4.90 Å². The van der Waals surface area contributed by atoms with Crippen molar-refractivity contribution in [3.8, 4) is 5.75 Å². The minimum Gasteiger partial charge on any atom is -0.477 e. The molecule has 0 aromatic heterocycles. The van der Waals surface area contributed by atoms with E-state index in [2.05, 4.69) is 24.1 Å². The predicted octanol–water partition coefficient (Wildman–Crippen LogP) is 2.60. The largest absolute Gasteiger partial charge is 0.477 e. The fourth-order valence-electron chi connectivity index (χ4n) is 4.29. The molecule has 8 nitrogen and oxygen atoms in total. The van der Waals surface area contributed by atoms with E-state index in [1.807, 2.05) is 53.4 Å². The molecule has 2 aromatic carbocycles. The Labute approximate surface area is 195 Å². The SMILES string of the molecule is CCN(CC)c1ccc(NC(=O)CN2CC(C(=O)N3CCOCC3)Oc3ccccc32)cc1. The summed E-state index contributed by atoms with van der Waals surface area (Å²) < 4.78 is 11.4. The number of ether oxygens (including phenoxy) is 2. The van der Waals surface area contributed by atoms with E-state index in [9.17, 15) is 9.59 Å². The van der Waals surface area contributed by atoms with E-state index in [1.54, 1.807) is 4.90 Å². The molecule has 1 unspecified atom stereocenters. The summed E-state index contributed by atoms with van der Waals surface area (Å²) in [7, 11) is 0. The highest BCUT2D eigenvalue weighted by atomic mass is 16.5. The van der Waals surface area contributed by atoms with Crippen LogP contribution in [-0.4, -0.2) is 75.3 Å². The molecule has 0 radical (unpaired) electrons. The van der Waals surface area contributed by atoms with Gasteiger partial charge in [0.25, 0.3) is 5.91 Å². The minimum absolute atomic E-state index is 0.0646. The van der Waals surface area contributed by atoms with Gasteiger partial charge in [-0.25, -0.2) is 0 Å². The quantitative estimate of drug-likeness (QED) is 0.696. The maximum absolute atomic E-state index is 13.0. The number of nitrogens with zero attached hydrogens (tertiary/aromatic N) is 3. The van der Waals surface area contributed by atoms with E-state index in [4.69, 9.17) is 9.47 Å². The molecule has 1 atom stereocenters. The smallest absolute Gasteiger partial charge is 0.265 e. The molecule has 2 aliphatic rings. The summed E-state index contributed by atoms with van der Waals surface area (Å²) >= 11 is 0. The molecule has 4 rings (SSSR count). The number of hydrogen-bond acceptors (Lipinski definition) is 6. The number of para-hydroxylation sites is 2. The zero-order valence-electron chi connectivity index (χ0n) is 19.3. The minimum atomic E-state index is -0.654. The second-order valence-electron chi connectivity index (χ2n) is 8.16. The van der Waals surface area contributed by atoms with E-state index in [0.29, 0.717) is 38.6 Å². The molecule has 2 aliphatic heterocycles. The summed E-state index contributed by atoms with van der Waals surface area (Å²) in [4.78, 5) is 31.9. The predicted molar refractivity (Wildman–Crippen MR) is 129 cm³/mol. The summed E-state index contributed by atoms with van der Waals surface area (Å²) in [6.07, 6.45) is -0.654. The lowest BCUT2D eigenvalue weighted by atomic mass is 10.1. The molecule has 2 amide bonds. The maximum atomic E-state index is 13.0. The fourth-order valence-corrected chi connectivity index (χ4v) is 4.29. The summed E-state index contributed by atoms with van der Waals surface area (Å²) in [5.41, 5.74) is 2.69. The Morgan fingerprint density at radius 2 is 1.73 bits per heavy atom. The Hall–Kier alpha value is -3.26. The average Bonchev–Trinajstić information content (AvgIpc) is 2.85. The van der Waals surface area contributed by atoms with E-state index in [-0.39, 0.29) is 18.4 Å². The van der Waals surface area contributed by atoms with Crippen LogP contribution in [0.3, 0.4) is 0 Å². The zero-order chi connectivity index (χ0) is 23.2. The van der Waals surface area contributed by atoms with Gasteiger partial charge in [0.15, 0.2) is 6.10 Å². The molecule has 176 valence electrons. The molecular formula is C25H32N4O4. The Kier molecular flexibility index (Phi) is 7.34. The number of carbonyl (C=O) groups excluding carboxylic acids is 2. The number of carbonyl (C=O) groups is 2. The molecule has 1 saturated heterocycles. The van der Waals surface area contributed by atoms with Crippen LogP contribution in [0.25, 0.3) is 0 Å². The standard InChI is InChI=1S/C25H32N4O4/c1-3-27(4-2)20-11-9-19(10-12-20)26-24(30)18-29-17-23(25(31)28-13-15-32-16-14-28)33-22-8-6-5-7-21(22)29/h5-12,23H,3-4,13-18H2,1-2H3,(H,26,30). The Morgan fingerprint density at radius 3 is 2.42 bits per heavy atom. The topological polar surface area (TPSA) is 74.4 Å². The molecule has 2 aromatic rings. The molecule has 0 aliphatic carbocycles. The van der Waals surface area contributed by atoms with Crippen molar-refractivity contribution in [2.24, 2.45) is 0 Å². The van der Waals surface area contributed by atoms with Crippen molar-refractivity contribution < 1.29 is 19.1 Å². The molecule has 1 N–H and O–H groups in total. The third-order valence-corrected chi connectivity index (χ3v) is 6.07. The van der Waals surface area contributed by atoms with Gasteiger partial charge in [0, 0.05) is 37.6 Å². The van der Waals surface area contributed by atoms with Gasteiger partial charge in [-0.3, -0.25) is 9.59 Å². The lowest BCUT2D eigenvalue weighted by Crippen LogP contribution is -2.53. The van der Waals surface area contributed by atoms with E-state index in [1.165, 1.54) is 0 Å². The van der Waals surface area contributed by atoms with Crippen molar-refractivity contribution in [3.05, 3.63) is 48.5 Å². The van der Waals surface area contributed by atoms with E-state index >= 15 is 0 Å². The van der Waals surface area contributed by atoms with Gasteiger partial charge in [-0.2, -0.15) is 0 Å². The Balaban J connectivity index is 1.43. The van der Waals surface area contributed by atoms with Crippen molar-refractivity contribution >= 4 is 28.9 Å². The normalized spacial score (nSPS) is 17.7. The number of hydrogen-bond donors (Lipinski definition) is 1. The number of benzene rings is 2. The van der Waals surface area contributed by atoms with Gasteiger partial charge < -0.3 is 29.5 Å². The third-order valence-electron chi connectivity index (χ3n) is 6.07. The number of morpholine rings is 1. The van der Waals surface area contributed by atoms with Crippen LogP contribution in [0.4, 0.5) is 17.1 Å². The summed E-state index contributed by atoms with van der Waals surface area (Å²) in [6, 6.07) is 15.4. The van der Waals surface area contributed by atoms with Crippen LogP contribution in [0.5, 0.6) is 5.75 Å². The zero-order valence-corrected chi connectivity index (χ0v) is 19.3. The first-order valence-electron chi connectivity index (χ1n) is 11.6. The lowest BCUT2D eigenvalue weighted by Gasteiger charge is -2.38. The molecule has 33 heavy (non-hydrogen) atoms. The van der Waals surface area contributed by atoms with Gasteiger partial charge in [-0.15, -0.1) is 0 Å². The molecule has 0 saturated carbocycles. The van der Waals surface area contributed by atoms with Gasteiger partial charge in [0.1, 0.15) is 5.75 Å². The number of anilines is 3. The monoisotopic (exact) mass is 452 g/mol. The van der Waals surface area contributed by atoms with Crippen LogP contribution in [0.2, 0.25) is 0 Å². The van der Waals surface area contributed by atoms with Gasteiger partial charge in [0.2, 0.25) is 5.91 Å². The molecule has 8 heteroatoms. The first kappa shape index (κ1) is 22.9. The molecule has 0 bridgehead atoms. The maximum Gasteiger partial charge on any atom is 0.265 e. The Bertz CT molecular complexity index is 955. The second-order valence-corrected chi connectivity index (χ2v) is 8.16. The molecule has 1 fully saturated rings. The van der Waals surface area contributed by atoms with Crippen LogP contribution in [0.1, 0.15) is 13.8 Å². The van der Waals surface area contributed by atoms with Gasteiger partial charge in [-0.1, -0.05) is 12.1 Å². The summed E-state index contributed by atoms with van der Waals surface area (Å²) in [5, 5.41) is 2.98. The number of rotatable bonds is 7. The third kappa shape index (κ3) is 5.39. The van der Waals surface area contributed by atoms with Crippen molar-refractivity contribution in [3.63, 3.8) is 0 Å². The second kappa shape index (κ2) is 10.6. The van der Waals surface area contributed by atoms with Crippen molar-refractivity contribution in [2.75, 3.05) is 67.6 Å². The lowest BCUT2D eigenvalue weighted by molar-refractivity contribution is -0.142. The van der Waals surface area contributed by atoms with Crippen LogP contribution < -0.4 is 19.9 Å². The van der Waals surface area contributed by atoms with E-state index < -0.39 is 6.10 Å². The van der Waals surface area contributed by atoms with Crippen molar-refractivity contribution in [1.29, 1.82) is 0 Å². The summed E-state index contributed by atoms with van der Waals surface area (Å²) in [5.74, 6) is 0.414. The Morgan fingerprint density at radius 1 is 1.03 bits per heavy atom. The highest BCUT2D eigenvalue weighted by Gasteiger charge is 2.34. The first-order chi connectivity index (χ1) is 16.1. The van der Waals surface area contributed by atoms with Crippen LogP contribution in [0.15, 0.2) is 48.5 Å². The molecule has 0 spiro atoms. The highest BCUT2D eigenvalue weighted by molar-refractivity contribution is 5.95.